The van der Waals surface area contributed by atoms with Gasteiger partial charge in [0.15, 0.2) is 0 Å². The first-order chi connectivity index (χ1) is 12.1. The first-order valence-electron chi connectivity index (χ1n) is 8.48. The number of hydrogen-bond donors (Lipinski definition) is 1. The summed E-state index contributed by atoms with van der Waals surface area (Å²) in [6.45, 7) is 2.82. The molecule has 0 aromatic heterocycles. The van der Waals surface area contributed by atoms with E-state index in [4.69, 9.17) is 9.47 Å². The number of nitrogens with zero attached hydrogens (tertiary/aromatic N) is 1. The van der Waals surface area contributed by atoms with Gasteiger partial charge in [0.2, 0.25) is 0 Å². The first kappa shape index (κ1) is 17.1. The Bertz CT molecular complexity index is 721. The number of carbonyl (C=O) groups excluding carboxylic acids is 1. The van der Waals surface area contributed by atoms with Crippen LogP contribution in [0.5, 0.6) is 11.5 Å². The summed E-state index contributed by atoms with van der Waals surface area (Å²) in [5.74, 6) is 1.29. The molecule has 1 fully saturated rings. The summed E-state index contributed by atoms with van der Waals surface area (Å²) < 4.78 is 10.5. The number of hydrogen-bond acceptors (Lipinski definition) is 3. The maximum absolute atomic E-state index is 12.8. The van der Waals surface area contributed by atoms with Gasteiger partial charge in [0.1, 0.15) is 11.5 Å². The van der Waals surface area contributed by atoms with Crippen LogP contribution < -0.4 is 14.8 Å². The third-order valence-corrected chi connectivity index (χ3v) is 4.58. The molecule has 0 unspecified atom stereocenters. The van der Waals surface area contributed by atoms with Crippen molar-refractivity contribution in [1.29, 1.82) is 0 Å². The number of anilines is 1. The molecule has 2 aromatic rings. The summed E-state index contributed by atoms with van der Waals surface area (Å²) >= 11 is 0. The molecule has 3 rings (SSSR count). The van der Waals surface area contributed by atoms with E-state index in [0.29, 0.717) is 17.2 Å². The molecule has 2 amide bonds. The third-order valence-electron chi connectivity index (χ3n) is 4.58. The zero-order valence-electron chi connectivity index (χ0n) is 14.9. The van der Waals surface area contributed by atoms with Crippen LogP contribution in [0.1, 0.15) is 30.0 Å². The first-order valence-corrected chi connectivity index (χ1v) is 8.48. The number of methoxy groups -OCH3 is 2. The largest absolute Gasteiger partial charge is 0.497 e. The minimum Gasteiger partial charge on any atom is -0.497 e. The predicted molar refractivity (Wildman–Crippen MR) is 98.4 cm³/mol. The zero-order chi connectivity index (χ0) is 17.8. The van der Waals surface area contributed by atoms with Gasteiger partial charge in [-0.1, -0.05) is 29.8 Å². The summed E-state index contributed by atoms with van der Waals surface area (Å²) in [4.78, 5) is 14.7. The van der Waals surface area contributed by atoms with Crippen molar-refractivity contribution in [1.82, 2.24) is 4.90 Å². The van der Waals surface area contributed by atoms with Gasteiger partial charge in [0.25, 0.3) is 0 Å². The summed E-state index contributed by atoms with van der Waals surface area (Å²) in [7, 11) is 3.18. The van der Waals surface area contributed by atoms with E-state index in [2.05, 4.69) is 36.5 Å². The van der Waals surface area contributed by atoms with Crippen LogP contribution in [0, 0.1) is 6.92 Å². The van der Waals surface area contributed by atoms with Crippen LogP contribution >= 0.6 is 0 Å². The molecule has 5 nitrogen and oxygen atoms in total. The van der Waals surface area contributed by atoms with Crippen molar-refractivity contribution in [3.05, 3.63) is 53.6 Å². The number of aryl methyl sites for hydroxylation is 1. The lowest BCUT2D eigenvalue weighted by atomic mass is 10.0. The SMILES string of the molecule is COc1cc(NC(=O)N2CCC[C@@H]2c2ccc(C)cc2)cc(OC)c1. The summed E-state index contributed by atoms with van der Waals surface area (Å²) in [6, 6.07) is 13.8. The molecule has 25 heavy (non-hydrogen) atoms. The lowest BCUT2D eigenvalue weighted by Gasteiger charge is -2.25. The topological polar surface area (TPSA) is 50.8 Å². The zero-order valence-corrected chi connectivity index (χ0v) is 14.9. The van der Waals surface area contributed by atoms with E-state index in [1.165, 1.54) is 11.1 Å². The minimum atomic E-state index is -0.0987. The maximum atomic E-state index is 12.8. The van der Waals surface area contributed by atoms with Gasteiger partial charge in [-0.3, -0.25) is 0 Å². The van der Waals surface area contributed by atoms with Gasteiger partial charge in [0, 0.05) is 30.4 Å². The molecule has 0 aliphatic carbocycles. The Morgan fingerprint density at radius 2 is 1.72 bits per heavy atom. The van der Waals surface area contributed by atoms with Crippen molar-refractivity contribution >= 4 is 11.7 Å². The van der Waals surface area contributed by atoms with Crippen molar-refractivity contribution in [2.75, 3.05) is 26.1 Å². The molecule has 2 aromatic carbocycles. The molecular weight excluding hydrogens is 316 g/mol. The molecule has 1 heterocycles. The van der Waals surface area contributed by atoms with Crippen LogP contribution in [-0.4, -0.2) is 31.7 Å². The average Bonchev–Trinajstić information content (AvgIpc) is 3.11. The number of rotatable bonds is 4. The highest BCUT2D eigenvalue weighted by atomic mass is 16.5. The number of benzene rings is 2. The highest BCUT2D eigenvalue weighted by Gasteiger charge is 2.30. The molecule has 1 aliphatic rings. The van der Waals surface area contributed by atoms with Crippen LogP contribution in [-0.2, 0) is 0 Å². The number of carbonyl (C=O) groups is 1. The molecule has 5 heteroatoms. The van der Waals surface area contributed by atoms with Crippen molar-refractivity contribution in [2.45, 2.75) is 25.8 Å². The van der Waals surface area contributed by atoms with Crippen molar-refractivity contribution in [3.63, 3.8) is 0 Å². The standard InChI is InChI=1S/C20H24N2O3/c1-14-6-8-15(9-7-14)19-5-4-10-22(19)20(23)21-16-11-17(24-2)13-18(12-16)25-3/h6-9,11-13,19H,4-5,10H2,1-3H3,(H,21,23)/t19-/m1/s1. The predicted octanol–water partition coefficient (Wildman–Crippen LogP) is 4.38. The molecule has 1 saturated heterocycles. The Kier molecular flexibility index (Phi) is 5.12. The number of nitrogens with one attached hydrogen (secondary N) is 1. The Balaban J connectivity index is 1.77. The van der Waals surface area contributed by atoms with Gasteiger partial charge < -0.3 is 19.7 Å². The van der Waals surface area contributed by atoms with Crippen LogP contribution in [0.15, 0.2) is 42.5 Å². The van der Waals surface area contributed by atoms with Gasteiger partial charge in [-0.2, -0.15) is 0 Å². The molecular formula is C20H24N2O3. The van der Waals surface area contributed by atoms with E-state index in [1.54, 1.807) is 32.4 Å². The second-order valence-corrected chi connectivity index (χ2v) is 6.29. The Labute approximate surface area is 148 Å². The van der Waals surface area contributed by atoms with Crippen LogP contribution in [0.4, 0.5) is 10.5 Å². The molecule has 1 aliphatic heterocycles. The summed E-state index contributed by atoms with van der Waals surface area (Å²) in [5, 5.41) is 2.97. The Morgan fingerprint density at radius 1 is 1.08 bits per heavy atom. The van der Waals surface area contributed by atoms with Gasteiger partial charge in [-0.05, 0) is 25.3 Å². The Morgan fingerprint density at radius 3 is 2.32 bits per heavy atom. The normalized spacial score (nSPS) is 16.6. The van der Waals surface area contributed by atoms with Crippen molar-refractivity contribution < 1.29 is 14.3 Å². The van der Waals surface area contributed by atoms with Gasteiger partial charge in [0.05, 0.1) is 20.3 Å². The fraction of sp³-hybridized carbons (Fsp3) is 0.350. The number of urea groups is 1. The molecule has 0 bridgehead atoms. The van der Waals surface area contributed by atoms with Crippen molar-refractivity contribution in [2.24, 2.45) is 0 Å². The monoisotopic (exact) mass is 340 g/mol. The van der Waals surface area contributed by atoms with Crippen LogP contribution in [0.25, 0.3) is 0 Å². The fourth-order valence-electron chi connectivity index (χ4n) is 3.22. The summed E-state index contributed by atoms with van der Waals surface area (Å²) in [5.41, 5.74) is 3.07. The number of likely N-dealkylation sites (tertiary alicyclic amines) is 1. The lowest BCUT2D eigenvalue weighted by molar-refractivity contribution is 0.207. The van der Waals surface area contributed by atoms with E-state index >= 15 is 0 Å². The van der Waals surface area contributed by atoms with Crippen LogP contribution in [0.3, 0.4) is 0 Å². The lowest BCUT2D eigenvalue weighted by Crippen LogP contribution is -2.34. The number of ether oxygens (including phenoxy) is 2. The van der Waals surface area contributed by atoms with E-state index in [9.17, 15) is 4.79 Å². The van der Waals surface area contributed by atoms with E-state index < -0.39 is 0 Å². The van der Waals surface area contributed by atoms with Gasteiger partial charge in [-0.15, -0.1) is 0 Å². The molecule has 1 N–H and O–H groups in total. The molecule has 132 valence electrons. The highest BCUT2D eigenvalue weighted by molar-refractivity contribution is 5.90. The molecule has 1 atom stereocenters. The molecule has 0 radical (unpaired) electrons. The average molecular weight is 340 g/mol. The van der Waals surface area contributed by atoms with Crippen LogP contribution in [0.2, 0.25) is 0 Å². The molecule has 0 saturated carbocycles. The smallest absolute Gasteiger partial charge is 0.322 e. The second kappa shape index (κ2) is 7.47. The van der Waals surface area contributed by atoms with E-state index in [0.717, 1.165) is 19.4 Å². The van der Waals surface area contributed by atoms with E-state index in [-0.39, 0.29) is 12.1 Å². The van der Waals surface area contributed by atoms with E-state index in [1.807, 2.05) is 4.90 Å². The Hall–Kier alpha value is -2.69. The minimum absolute atomic E-state index is 0.0987. The second-order valence-electron chi connectivity index (χ2n) is 6.29. The quantitative estimate of drug-likeness (QED) is 0.898. The fourth-order valence-corrected chi connectivity index (χ4v) is 3.22. The van der Waals surface area contributed by atoms with Gasteiger partial charge in [-0.25, -0.2) is 4.79 Å². The third kappa shape index (κ3) is 3.87. The highest BCUT2D eigenvalue weighted by Crippen LogP contribution is 2.33. The summed E-state index contributed by atoms with van der Waals surface area (Å²) in [6.07, 6.45) is 1.99. The van der Waals surface area contributed by atoms with Crippen molar-refractivity contribution in [3.8, 4) is 11.5 Å². The van der Waals surface area contributed by atoms with Gasteiger partial charge >= 0.3 is 6.03 Å². The maximum Gasteiger partial charge on any atom is 0.322 e. The molecule has 0 spiro atoms. The number of amides is 2.